The van der Waals surface area contributed by atoms with E-state index in [9.17, 15) is 0 Å². The van der Waals surface area contributed by atoms with Gasteiger partial charge in [-0.05, 0) is 38.3 Å². The van der Waals surface area contributed by atoms with Gasteiger partial charge in [-0.15, -0.1) is 0 Å². The zero-order chi connectivity index (χ0) is 10.6. The van der Waals surface area contributed by atoms with Crippen LogP contribution in [0.5, 0.6) is 5.75 Å². The zero-order valence-electron chi connectivity index (χ0n) is 9.63. The Bertz CT molecular complexity index is 289. The van der Waals surface area contributed by atoms with Crippen molar-refractivity contribution in [3.8, 4) is 5.75 Å². The minimum Gasteiger partial charge on any atom is -0.488 e. The van der Waals surface area contributed by atoms with Gasteiger partial charge in [0.1, 0.15) is 11.4 Å². The van der Waals surface area contributed by atoms with E-state index in [1.807, 2.05) is 19.9 Å². The summed E-state index contributed by atoms with van der Waals surface area (Å²) in [4.78, 5) is 0. The van der Waals surface area contributed by atoms with Crippen LogP contribution in [0.3, 0.4) is 0 Å². The molecule has 0 amide bonds. The van der Waals surface area contributed by atoms with Gasteiger partial charge in [0.25, 0.3) is 0 Å². The van der Waals surface area contributed by atoms with Crippen LogP contribution in [0.1, 0.15) is 39.7 Å². The summed E-state index contributed by atoms with van der Waals surface area (Å²) >= 11 is 0. The number of para-hydroxylation sites is 1. The molecule has 0 fully saturated rings. The Hall–Kier alpha value is -0.980. The number of ether oxygens (including phenoxy) is 1. The predicted molar refractivity (Wildman–Crippen MR) is 60.8 cm³/mol. The topological polar surface area (TPSA) is 9.23 Å². The Morgan fingerprint density at radius 1 is 1.14 bits per heavy atom. The van der Waals surface area contributed by atoms with Crippen LogP contribution in [-0.4, -0.2) is 5.60 Å². The summed E-state index contributed by atoms with van der Waals surface area (Å²) in [5.74, 6) is 1.06. The molecule has 0 spiro atoms. The second-order valence-corrected chi connectivity index (χ2v) is 3.97. The van der Waals surface area contributed by atoms with Gasteiger partial charge >= 0.3 is 0 Å². The fourth-order valence-corrected chi connectivity index (χ4v) is 1.59. The second-order valence-electron chi connectivity index (χ2n) is 3.97. The fourth-order valence-electron chi connectivity index (χ4n) is 1.59. The lowest BCUT2D eigenvalue weighted by atomic mass is 9.94. The van der Waals surface area contributed by atoms with Crippen molar-refractivity contribution in [3.05, 3.63) is 29.8 Å². The Labute approximate surface area is 87.1 Å². The summed E-state index contributed by atoms with van der Waals surface area (Å²) in [6, 6.07) is 8.29. The van der Waals surface area contributed by atoms with Gasteiger partial charge in [-0.1, -0.05) is 32.0 Å². The van der Waals surface area contributed by atoms with E-state index in [-0.39, 0.29) is 5.60 Å². The van der Waals surface area contributed by atoms with Crippen molar-refractivity contribution in [2.75, 3.05) is 0 Å². The largest absolute Gasteiger partial charge is 0.488 e. The number of fused-ring (bicyclic) bond motifs is 1. The van der Waals surface area contributed by atoms with Gasteiger partial charge in [0, 0.05) is 0 Å². The molecule has 0 N–H and O–H groups in total. The van der Waals surface area contributed by atoms with Gasteiger partial charge in [-0.25, -0.2) is 0 Å². The third-order valence-corrected chi connectivity index (χ3v) is 2.36. The molecule has 1 heterocycles. The lowest BCUT2D eigenvalue weighted by Gasteiger charge is -2.32. The van der Waals surface area contributed by atoms with Crippen molar-refractivity contribution in [3.63, 3.8) is 0 Å². The summed E-state index contributed by atoms with van der Waals surface area (Å²) in [6.45, 7) is 8.28. The summed E-state index contributed by atoms with van der Waals surface area (Å²) in [5, 5.41) is 0. The van der Waals surface area contributed by atoms with Crippen molar-refractivity contribution in [2.45, 2.75) is 46.1 Å². The van der Waals surface area contributed by atoms with Crippen molar-refractivity contribution >= 4 is 0 Å². The highest BCUT2D eigenvalue weighted by Gasteiger charge is 2.25. The van der Waals surface area contributed by atoms with Crippen molar-refractivity contribution in [1.82, 2.24) is 0 Å². The van der Waals surface area contributed by atoms with E-state index < -0.39 is 0 Å². The van der Waals surface area contributed by atoms with Gasteiger partial charge in [0.15, 0.2) is 0 Å². The molecule has 0 saturated carbocycles. The van der Waals surface area contributed by atoms with Gasteiger partial charge < -0.3 is 4.74 Å². The molecule has 0 bridgehead atoms. The summed E-state index contributed by atoms with van der Waals surface area (Å²) in [7, 11) is 0. The standard InChI is InChI=1S/C11H14O.C2H6/c1-11(2)8-7-9-5-3-4-6-10(9)12-11;1-2/h3-6H,7-8H2,1-2H3;1-2H3. The van der Waals surface area contributed by atoms with E-state index in [4.69, 9.17) is 4.74 Å². The lowest BCUT2D eigenvalue weighted by Crippen LogP contribution is -2.32. The Morgan fingerprint density at radius 2 is 1.79 bits per heavy atom. The van der Waals surface area contributed by atoms with Gasteiger partial charge in [-0.2, -0.15) is 0 Å². The predicted octanol–water partition coefficient (Wildman–Crippen LogP) is 3.82. The molecule has 1 aliphatic rings. The average molecular weight is 192 g/mol. The highest BCUT2D eigenvalue weighted by molar-refractivity contribution is 5.35. The molecular weight excluding hydrogens is 172 g/mol. The third kappa shape index (κ3) is 2.50. The molecule has 0 unspecified atom stereocenters. The monoisotopic (exact) mass is 192 g/mol. The first-order valence-corrected chi connectivity index (χ1v) is 5.44. The first kappa shape index (κ1) is 11.1. The van der Waals surface area contributed by atoms with Gasteiger partial charge in [0.05, 0.1) is 0 Å². The quantitative estimate of drug-likeness (QED) is 0.607. The molecule has 0 aliphatic carbocycles. The summed E-state index contributed by atoms with van der Waals surface area (Å²) < 4.78 is 5.82. The van der Waals surface area contributed by atoms with Crippen LogP contribution in [0.15, 0.2) is 24.3 Å². The Morgan fingerprint density at radius 3 is 2.50 bits per heavy atom. The second kappa shape index (κ2) is 4.50. The minimum absolute atomic E-state index is 0.0222. The van der Waals surface area contributed by atoms with Crippen molar-refractivity contribution in [1.29, 1.82) is 0 Å². The summed E-state index contributed by atoms with van der Waals surface area (Å²) in [5.41, 5.74) is 1.37. The molecule has 14 heavy (non-hydrogen) atoms. The molecule has 0 saturated heterocycles. The number of benzene rings is 1. The van der Waals surface area contributed by atoms with Crippen LogP contribution in [0, 0.1) is 0 Å². The molecule has 0 aromatic heterocycles. The maximum Gasteiger partial charge on any atom is 0.123 e. The van der Waals surface area contributed by atoms with Gasteiger partial charge in [-0.3, -0.25) is 0 Å². The van der Waals surface area contributed by atoms with E-state index in [1.54, 1.807) is 0 Å². The van der Waals surface area contributed by atoms with E-state index in [0.29, 0.717) is 0 Å². The number of hydrogen-bond donors (Lipinski definition) is 0. The fraction of sp³-hybridized carbons (Fsp3) is 0.538. The van der Waals surface area contributed by atoms with Crippen LogP contribution in [-0.2, 0) is 6.42 Å². The van der Waals surface area contributed by atoms with E-state index >= 15 is 0 Å². The van der Waals surface area contributed by atoms with E-state index in [2.05, 4.69) is 32.0 Å². The summed E-state index contributed by atoms with van der Waals surface area (Å²) in [6.07, 6.45) is 2.26. The molecule has 1 heteroatoms. The smallest absolute Gasteiger partial charge is 0.123 e. The van der Waals surface area contributed by atoms with Gasteiger partial charge in [0.2, 0.25) is 0 Å². The molecule has 0 radical (unpaired) electrons. The molecule has 2 rings (SSSR count). The number of aryl methyl sites for hydroxylation is 1. The first-order valence-electron chi connectivity index (χ1n) is 5.44. The minimum atomic E-state index is 0.0222. The van der Waals surface area contributed by atoms with Crippen molar-refractivity contribution < 1.29 is 4.74 Å². The SMILES string of the molecule is CC.CC1(C)CCc2ccccc2O1. The molecule has 0 atom stereocenters. The van der Waals surface area contributed by atoms with Crippen LogP contribution in [0.25, 0.3) is 0 Å². The van der Waals surface area contributed by atoms with Crippen LogP contribution in [0.2, 0.25) is 0 Å². The molecule has 1 aromatic carbocycles. The van der Waals surface area contributed by atoms with Crippen LogP contribution in [0.4, 0.5) is 0 Å². The molecule has 1 aliphatic heterocycles. The maximum absolute atomic E-state index is 5.82. The average Bonchev–Trinajstić information content (AvgIpc) is 2.19. The zero-order valence-corrected chi connectivity index (χ0v) is 9.63. The third-order valence-electron chi connectivity index (χ3n) is 2.36. The Kier molecular flexibility index (Phi) is 3.56. The van der Waals surface area contributed by atoms with Crippen molar-refractivity contribution in [2.24, 2.45) is 0 Å². The highest BCUT2D eigenvalue weighted by atomic mass is 16.5. The Balaban J connectivity index is 0.000000461. The molecule has 1 nitrogen and oxygen atoms in total. The lowest BCUT2D eigenvalue weighted by molar-refractivity contribution is 0.0847. The van der Waals surface area contributed by atoms with E-state index in [0.717, 1.165) is 18.6 Å². The molecular formula is C13H20O. The molecule has 78 valence electrons. The normalized spacial score (nSPS) is 17.1. The maximum atomic E-state index is 5.82. The highest BCUT2D eigenvalue weighted by Crippen LogP contribution is 2.32. The number of rotatable bonds is 0. The first-order chi connectivity index (χ1) is 6.67. The van der Waals surface area contributed by atoms with Crippen LogP contribution >= 0.6 is 0 Å². The number of hydrogen-bond acceptors (Lipinski definition) is 1. The van der Waals surface area contributed by atoms with Crippen LogP contribution < -0.4 is 4.74 Å². The molecule has 1 aromatic rings. The van der Waals surface area contributed by atoms with E-state index in [1.165, 1.54) is 5.56 Å².